The minimum atomic E-state index is -0.192. The number of aromatic amines is 1. The largest absolute Gasteiger partial charge is 0.383 e. The SMILES string of the molecule is C=CC(CCNC)NC(=C)CCc1c(-c2ccccc2)[nH]c2cccc(F)c12. The number of aryl methyl sites for hydroxylation is 1. The highest BCUT2D eigenvalue weighted by molar-refractivity contribution is 5.91. The Labute approximate surface area is 166 Å². The van der Waals surface area contributed by atoms with Crippen molar-refractivity contribution in [1.29, 1.82) is 0 Å². The number of allylic oxidation sites excluding steroid dienone is 1. The molecule has 3 nitrogen and oxygen atoms in total. The van der Waals surface area contributed by atoms with Gasteiger partial charge >= 0.3 is 0 Å². The van der Waals surface area contributed by atoms with E-state index in [1.807, 2.05) is 49.5 Å². The van der Waals surface area contributed by atoms with Crippen molar-refractivity contribution in [3.8, 4) is 11.3 Å². The van der Waals surface area contributed by atoms with Crippen molar-refractivity contribution in [3.63, 3.8) is 0 Å². The molecule has 0 saturated heterocycles. The fourth-order valence-corrected chi connectivity index (χ4v) is 3.53. The van der Waals surface area contributed by atoms with Gasteiger partial charge in [0, 0.05) is 28.3 Å². The van der Waals surface area contributed by atoms with Crippen LogP contribution in [0.3, 0.4) is 0 Å². The minimum absolute atomic E-state index is 0.174. The van der Waals surface area contributed by atoms with E-state index in [9.17, 15) is 4.39 Å². The maximum atomic E-state index is 14.6. The maximum Gasteiger partial charge on any atom is 0.132 e. The molecule has 2 aromatic carbocycles. The van der Waals surface area contributed by atoms with Crippen molar-refractivity contribution in [2.75, 3.05) is 13.6 Å². The topological polar surface area (TPSA) is 39.8 Å². The second-order valence-corrected chi connectivity index (χ2v) is 6.99. The van der Waals surface area contributed by atoms with Crippen LogP contribution in [0.15, 0.2) is 73.5 Å². The number of nitrogens with one attached hydrogen (secondary N) is 3. The monoisotopic (exact) mass is 377 g/mol. The van der Waals surface area contributed by atoms with E-state index in [1.165, 1.54) is 6.07 Å². The summed E-state index contributed by atoms with van der Waals surface area (Å²) in [7, 11) is 1.94. The summed E-state index contributed by atoms with van der Waals surface area (Å²) >= 11 is 0. The van der Waals surface area contributed by atoms with E-state index in [0.717, 1.165) is 47.4 Å². The first-order valence-electron chi connectivity index (χ1n) is 9.70. The van der Waals surface area contributed by atoms with Gasteiger partial charge in [0.1, 0.15) is 5.82 Å². The van der Waals surface area contributed by atoms with Crippen molar-refractivity contribution >= 4 is 10.9 Å². The predicted octanol–water partition coefficient (Wildman–Crippen LogP) is 5.17. The molecule has 1 unspecified atom stereocenters. The zero-order valence-corrected chi connectivity index (χ0v) is 16.4. The van der Waals surface area contributed by atoms with E-state index < -0.39 is 0 Å². The molecule has 3 rings (SSSR count). The summed E-state index contributed by atoms with van der Waals surface area (Å²) in [6.07, 6.45) is 4.27. The summed E-state index contributed by atoms with van der Waals surface area (Å²) in [5, 5.41) is 7.25. The van der Waals surface area contributed by atoms with Crippen LogP contribution < -0.4 is 10.6 Å². The van der Waals surface area contributed by atoms with E-state index in [0.29, 0.717) is 11.8 Å². The average molecular weight is 378 g/mol. The molecule has 0 amide bonds. The quantitative estimate of drug-likeness (QED) is 0.426. The van der Waals surface area contributed by atoms with Gasteiger partial charge in [0.05, 0.1) is 0 Å². The molecule has 0 saturated carbocycles. The fourth-order valence-electron chi connectivity index (χ4n) is 3.53. The number of aromatic nitrogens is 1. The number of hydrogen-bond donors (Lipinski definition) is 3. The van der Waals surface area contributed by atoms with Crippen LogP contribution in [0.4, 0.5) is 4.39 Å². The van der Waals surface area contributed by atoms with Crippen LogP contribution in [0.2, 0.25) is 0 Å². The first kappa shape index (κ1) is 19.9. The smallest absolute Gasteiger partial charge is 0.132 e. The zero-order chi connectivity index (χ0) is 19.9. The first-order valence-corrected chi connectivity index (χ1v) is 9.70. The van der Waals surface area contributed by atoms with Gasteiger partial charge < -0.3 is 15.6 Å². The first-order chi connectivity index (χ1) is 13.6. The molecule has 3 N–H and O–H groups in total. The third-order valence-corrected chi connectivity index (χ3v) is 5.00. The number of halogens is 1. The standard InChI is InChI=1S/C24H28FN3/c1-4-19(15-16-26-3)27-17(2)13-14-20-23-21(25)11-8-12-22(23)28-24(20)18-9-6-5-7-10-18/h4-12,19,26-28H,1-2,13-16H2,3H3. The summed E-state index contributed by atoms with van der Waals surface area (Å²) in [5.41, 5.74) is 4.79. The number of H-pyrrole nitrogens is 1. The Hall–Kier alpha value is -2.85. The number of rotatable bonds is 10. The van der Waals surface area contributed by atoms with Crippen molar-refractivity contribution in [3.05, 3.63) is 84.8 Å². The van der Waals surface area contributed by atoms with Gasteiger partial charge in [0.25, 0.3) is 0 Å². The molecule has 1 aromatic heterocycles. The lowest BCUT2D eigenvalue weighted by atomic mass is 10.00. The molecule has 1 heterocycles. The average Bonchev–Trinajstić information content (AvgIpc) is 3.10. The van der Waals surface area contributed by atoms with Gasteiger partial charge in [0.2, 0.25) is 0 Å². The van der Waals surface area contributed by atoms with Crippen molar-refractivity contribution in [2.45, 2.75) is 25.3 Å². The lowest BCUT2D eigenvalue weighted by molar-refractivity contribution is 0.580. The van der Waals surface area contributed by atoms with Crippen LogP contribution >= 0.6 is 0 Å². The number of hydrogen-bond acceptors (Lipinski definition) is 2. The molecule has 3 aromatic rings. The lowest BCUT2D eigenvalue weighted by Crippen LogP contribution is -2.29. The molecule has 28 heavy (non-hydrogen) atoms. The van der Waals surface area contributed by atoms with Gasteiger partial charge in [-0.2, -0.15) is 0 Å². The number of fused-ring (bicyclic) bond motifs is 1. The zero-order valence-electron chi connectivity index (χ0n) is 16.4. The maximum absolute atomic E-state index is 14.6. The molecule has 0 radical (unpaired) electrons. The van der Waals surface area contributed by atoms with E-state index in [2.05, 4.69) is 28.8 Å². The van der Waals surface area contributed by atoms with Crippen LogP contribution in [0.1, 0.15) is 18.4 Å². The third kappa shape index (κ3) is 4.52. The summed E-state index contributed by atoms with van der Waals surface area (Å²) in [5.74, 6) is -0.192. The summed E-state index contributed by atoms with van der Waals surface area (Å²) in [4.78, 5) is 3.41. The molecule has 0 bridgehead atoms. The van der Waals surface area contributed by atoms with Crippen LogP contribution in [0.5, 0.6) is 0 Å². The molecule has 4 heteroatoms. The van der Waals surface area contributed by atoms with Crippen LogP contribution in [-0.2, 0) is 6.42 Å². The lowest BCUT2D eigenvalue weighted by Gasteiger charge is -2.18. The second kappa shape index (κ2) is 9.38. The van der Waals surface area contributed by atoms with Crippen molar-refractivity contribution < 1.29 is 4.39 Å². The van der Waals surface area contributed by atoms with E-state index in [1.54, 1.807) is 6.07 Å². The fraction of sp³-hybridized carbons (Fsp3) is 0.250. The Balaban J connectivity index is 1.84. The molecule has 0 fully saturated rings. The second-order valence-electron chi connectivity index (χ2n) is 6.99. The molecule has 1 atom stereocenters. The molecule has 146 valence electrons. The highest BCUT2D eigenvalue weighted by Crippen LogP contribution is 2.33. The Bertz CT molecular complexity index is 943. The summed E-state index contributed by atoms with van der Waals surface area (Å²) < 4.78 is 14.6. The van der Waals surface area contributed by atoms with Gasteiger partial charge in [-0.3, -0.25) is 0 Å². The van der Waals surface area contributed by atoms with Crippen LogP contribution in [0, 0.1) is 5.82 Å². The number of benzene rings is 2. The normalized spacial score (nSPS) is 12.1. The van der Waals surface area contributed by atoms with E-state index >= 15 is 0 Å². The Kier molecular flexibility index (Phi) is 6.66. The van der Waals surface area contributed by atoms with Crippen LogP contribution in [0.25, 0.3) is 22.2 Å². The summed E-state index contributed by atoms with van der Waals surface area (Å²) in [6.45, 7) is 8.97. The van der Waals surface area contributed by atoms with E-state index in [4.69, 9.17) is 0 Å². The highest BCUT2D eigenvalue weighted by Gasteiger charge is 2.16. The molecule has 0 aliphatic heterocycles. The molecule has 0 spiro atoms. The van der Waals surface area contributed by atoms with Gasteiger partial charge in [-0.1, -0.05) is 49.1 Å². The molecule has 0 aliphatic rings. The predicted molar refractivity (Wildman–Crippen MR) is 117 cm³/mol. The minimum Gasteiger partial charge on any atom is -0.383 e. The van der Waals surface area contributed by atoms with Gasteiger partial charge in [-0.25, -0.2) is 4.39 Å². The molecular formula is C24H28FN3. The van der Waals surface area contributed by atoms with Crippen molar-refractivity contribution in [1.82, 2.24) is 15.6 Å². The van der Waals surface area contributed by atoms with Gasteiger partial charge in [0.15, 0.2) is 0 Å². The molecular weight excluding hydrogens is 349 g/mol. The van der Waals surface area contributed by atoms with E-state index in [-0.39, 0.29) is 11.9 Å². The van der Waals surface area contributed by atoms with Crippen molar-refractivity contribution in [2.24, 2.45) is 0 Å². The Morgan fingerprint density at radius 2 is 1.96 bits per heavy atom. The molecule has 0 aliphatic carbocycles. The Morgan fingerprint density at radius 1 is 1.18 bits per heavy atom. The summed E-state index contributed by atoms with van der Waals surface area (Å²) in [6, 6.07) is 15.4. The van der Waals surface area contributed by atoms with Gasteiger partial charge in [-0.05, 0) is 56.1 Å². The highest BCUT2D eigenvalue weighted by atomic mass is 19.1. The van der Waals surface area contributed by atoms with Gasteiger partial charge in [-0.15, -0.1) is 6.58 Å². The third-order valence-electron chi connectivity index (χ3n) is 5.00. The Morgan fingerprint density at radius 3 is 2.68 bits per heavy atom. The van der Waals surface area contributed by atoms with Crippen LogP contribution in [-0.4, -0.2) is 24.6 Å².